The number of morpholine rings is 1. The Morgan fingerprint density at radius 1 is 1.58 bits per heavy atom. The van der Waals surface area contributed by atoms with Crippen LogP contribution in [0.15, 0.2) is 22.7 Å². The molecule has 0 amide bonds. The molecule has 19 heavy (non-hydrogen) atoms. The van der Waals surface area contributed by atoms with Gasteiger partial charge in [-0.3, -0.25) is 4.79 Å². The third-order valence-electron chi connectivity index (χ3n) is 3.36. The molecule has 0 aliphatic carbocycles. The van der Waals surface area contributed by atoms with Gasteiger partial charge in [0.05, 0.1) is 19.3 Å². The highest BCUT2D eigenvalue weighted by molar-refractivity contribution is 9.10. The fourth-order valence-electron chi connectivity index (χ4n) is 2.30. The van der Waals surface area contributed by atoms with Gasteiger partial charge < -0.3 is 14.7 Å². The predicted octanol–water partition coefficient (Wildman–Crippen LogP) is 2.24. The number of nitrogens with zero attached hydrogens (tertiary/aromatic N) is 1. The van der Waals surface area contributed by atoms with Gasteiger partial charge in [-0.15, -0.1) is 0 Å². The molecule has 1 aromatic carbocycles. The van der Waals surface area contributed by atoms with Gasteiger partial charge in [0.1, 0.15) is 0 Å². The first-order valence-electron chi connectivity index (χ1n) is 6.32. The lowest BCUT2D eigenvalue weighted by molar-refractivity contribution is -0.0103. The molecule has 1 aliphatic rings. The van der Waals surface area contributed by atoms with Gasteiger partial charge in [-0.25, -0.2) is 0 Å². The Kier molecular flexibility index (Phi) is 4.60. The van der Waals surface area contributed by atoms with Crippen molar-refractivity contribution >= 4 is 27.4 Å². The van der Waals surface area contributed by atoms with Crippen LogP contribution in [0.25, 0.3) is 0 Å². The number of rotatable bonds is 3. The highest BCUT2D eigenvalue weighted by Crippen LogP contribution is 2.29. The van der Waals surface area contributed by atoms with Crippen molar-refractivity contribution in [3.8, 4) is 0 Å². The molecule has 0 saturated carbocycles. The summed E-state index contributed by atoms with van der Waals surface area (Å²) in [7, 11) is 0. The zero-order valence-corrected chi connectivity index (χ0v) is 12.7. The molecule has 0 aromatic heterocycles. The predicted molar refractivity (Wildman–Crippen MR) is 77.8 cm³/mol. The maximum absolute atomic E-state index is 11.8. The Balaban J connectivity index is 2.38. The summed E-state index contributed by atoms with van der Waals surface area (Å²) in [5, 5.41) is 9.25. The van der Waals surface area contributed by atoms with Crippen LogP contribution in [0.5, 0.6) is 0 Å². The molecule has 5 heteroatoms. The van der Waals surface area contributed by atoms with Gasteiger partial charge in [-0.05, 0) is 32.0 Å². The molecule has 1 aliphatic heterocycles. The summed E-state index contributed by atoms with van der Waals surface area (Å²) in [5.41, 5.74) is 1.60. The molecule has 1 N–H and O–H groups in total. The molecule has 1 fully saturated rings. The van der Waals surface area contributed by atoms with Gasteiger partial charge in [-0.2, -0.15) is 0 Å². The molecule has 0 bridgehead atoms. The monoisotopic (exact) mass is 327 g/mol. The van der Waals surface area contributed by atoms with Crippen molar-refractivity contribution in [1.29, 1.82) is 0 Å². The first kappa shape index (κ1) is 14.5. The van der Waals surface area contributed by atoms with Crippen molar-refractivity contribution in [3.63, 3.8) is 0 Å². The molecular weight excluding hydrogens is 310 g/mol. The number of aliphatic hydroxyl groups is 1. The number of hydrogen-bond donors (Lipinski definition) is 1. The van der Waals surface area contributed by atoms with E-state index in [-0.39, 0.29) is 24.5 Å². The molecule has 104 valence electrons. The normalized spacial score (nSPS) is 23.5. The van der Waals surface area contributed by atoms with Crippen LogP contribution in [0.2, 0.25) is 0 Å². The number of halogens is 1. The lowest BCUT2D eigenvalue weighted by atomic mass is 10.1. The second-order valence-corrected chi connectivity index (χ2v) is 5.77. The lowest BCUT2D eigenvalue weighted by Crippen LogP contribution is -2.50. The molecule has 1 aromatic rings. The fourth-order valence-corrected chi connectivity index (χ4v) is 2.65. The Labute approximate surface area is 121 Å². The second kappa shape index (κ2) is 6.03. The number of carbonyl (C=O) groups excluding carboxylic acids is 1. The van der Waals surface area contributed by atoms with Crippen LogP contribution in [0.1, 0.15) is 24.2 Å². The van der Waals surface area contributed by atoms with E-state index in [1.54, 1.807) is 6.92 Å². The number of hydrogen-bond acceptors (Lipinski definition) is 4. The van der Waals surface area contributed by atoms with Gasteiger partial charge in [-0.1, -0.05) is 15.9 Å². The van der Waals surface area contributed by atoms with Gasteiger partial charge in [0.2, 0.25) is 0 Å². The van der Waals surface area contributed by atoms with E-state index in [0.29, 0.717) is 18.7 Å². The summed E-state index contributed by atoms with van der Waals surface area (Å²) in [5.74, 6) is 0.0433. The highest BCUT2D eigenvalue weighted by atomic mass is 79.9. The van der Waals surface area contributed by atoms with Crippen LogP contribution >= 0.6 is 15.9 Å². The van der Waals surface area contributed by atoms with E-state index >= 15 is 0 Å². The van der Waals surface area contributed by atoms with Gasteiger partial charge >= 0.3 is 0 Å². The number of anilines is 1. The molecule has 1 heterocycles. The molecule has 2 unspecified atom stereocenters. The Morgan fingerprint density at radius 3 is 2.95 bits per heavy atom. The van der Waals surface area contributed by atoms with E-state index in [2.05, 4.69) is 27.8 Å². The summed E-state index contributed by atoms with van der Waals surface area (Å²) >= 11 is 3.45. The minimum Gasteiger partial charge on any atom is -0.394 e. The summed E-state index contributed by atoms with van der Waals surface area (Å²) < 4.78 is 6.47. The van der Waals surface area contributed by atoms with Crippen molar-refractivity contribution in [2.24, 2.45) is 0 Å². The maximum Gasteiger partial charge on any atom is 0.161 e. The maximum atomic E-state index is 11.8. The first-order chi connectivity index (χ1) is 9.02. The van der Waals surface area contributed by atoms with E-state index in [9.17, 15) is 9.90 Å². The number of carbonyl (C=O) groups is 1. The minimum absolute atomic E-state index is 0.00731. The molecule has 4 nitrogen and oxygen atoms in total. The van der Waals surface area contributed by atoms with Crippen molar-refractivity contribution in [2.75, 3.05) is 24.7 Å². The largest absolute Gasteiger partial charge is 0.394 e. The van der Waals surface area contributed by atoms with Gasteiger partial charge in [0, 0.05) is 28.3 Å². The number of aliphatic hydroxyl groups excluding tert-OH is 1. The summed E-state index contributed by atoms with van der Waals surface area (Å²) in [6.45, 7) is 4.76. The number of ketones is 1. The number of ether oxygens (including phenoxy) is 1. The average molecular weight is 328 g/mol. The van der Waals surface area contributed by atoms with Crippen molar-refractivity contribution in [1.82, 2.24) is 0 Å². The molecule has 0 spiro atoms. The highest BCUT2D eigenvalue weighted by Gasteiger charge is 2.28. The summed E-state index contributed by atoms with van der Waals surface area (Å²) in [6.07, 6.45) is -0.199. The standard InChI is InChI=1S/C14H18BrNO3/c1-9-8-19-12(7-17)6-16(9)14-5-11(15)3-4-13(14)10(2)18/h3-5,9,12,17H,6-8H2,1-2H3. The molecule has 2 rings (SSSR count). The Hall–Kier alpha value is -0.910. The zero-order chi connectivity index (χ0) is 14.0. The van der Waals surface area contributed by atoms with E-state index in [4.69, 9.17) is 4.74 Å². The third-order valence-corrected chi connectivity index (χ3v) is 3.85. The van der Waals surface area contributed by atoms with Gasteiger partial charge in [0.25, 0.3) is 0 Å². The smallest absolute Gasteiger partial charge is 0.161 e. The number of benzene rings is 1. The van der Waals surface area contributed by atoms with Crippen LogP contribution in [0.3, 0.4) is 0 Å². The van der Waals surface area contributed by atoms with E-state index in [1.807, 2.05) is 18.2 Å². The SMILES string of the molecule is CC(=O)c1ccc(Br)cc1N1CC(CO)OCC1C. The van der Waals surface area contributed by atoms with Crippen LogP contribution in [-0.2, 0) is 4.74 Å². The molecule has 2 atom stereocenters. The van der Waals surface area contributed by atoms with E-state index in [0.717, 1.165) is 10.2 Å². The van der Waals surface area contributed by atoms with E-state index < -0.39 is 0 Å². The van der Waals surface area contributed by atoms with Crippen LogP contribution in [0, 0.1) is 0 Å². The van der Waals surface area contributed by atoms with Crippen molar-refractivity contribution < 1.29 is 14.6 Å². The topological polar surface area (TPSA) is 49.8 Å². The summed E-state index contributed by atoms with van der Waals surface area (Å²) in [6, 6.07) is 5.83. The number of Topliss-reactive ketones (excluding diaryl/α,β-unsaturated/α-hetero) is 1. The first-order valence-corrected chi connectivity index (χ1v) is 7.11. The quantitative estimate of drug-likeness (QED) is 0.865. The molecule has 1 saturated heterocycles. The van der Waals surface area contributed by atoms with E-state index in [1.165, 1.54) is 0 Å². The summed E-state index contributed by atoms with van der Waals surface area (Å²) in [4.78, 5) is 13.9. The van der Waals surface area contributed by atoms with Crippen LogP contribution in [0.4, 0.5) is 5.69 Å². The minimum atomic E-state index is -0.199. The van der Waals surface area contributed by atoms with Crippen molar-refractivity contribution in [3.05, 3.63) is 28.2 Å². The second-order valence-electron chi connectivity index (χ2n) is 4.86. The average Bonchev–Trinajstić information content (AvgIpc) is 2.38. The van der Waals surface area contributed by atoms with Gasteiger partial charge in [0.15, 0.2) is 5.78 Å². The third kappa shape index (κ3) is 3.16. The fraction of sp³-hybridized carbons (Fsp3) is 0.500. The lowest BCUT2D eigenvalue weighted by Gasteiger charge is -2.39. The Morgan fingerprint density at radius 2 is 2.32 bits per heavy atom. The molecule has 0 radical (unpaired) electrons. The Bertz CT molecular complexity index is 478. The van der Waals surface area contributed by atoms with Crippen LogP contribution < -0.4 is 4.90 Å². The van der Waals surface area contributed by atoms with Crippen molar-refractivity contribution in [2.45, 2.75) is 26.0 Å². The van der Waals surface area contributed by atoms with Crippen LogP contribution in [-0.4, -0.2) is 42.8 Å². The zero-order valence-electron chi connectivity index (χ0n) is 11.1. The molecular formula is C14H18BrNO3.